The summed E-state index contributed by atoms with van der Waals surface area (Å²) in [7, 11) is 1.10. The molecule has 0 aliphatic heterocycles. The van der Waals surface area contributed by atoms with Gasteiger partial charge in [0.1, 0.15) is 5.69 Å². The lowest BCUT2D eigenvalue weighted by molar-refractivity contribution is -0.141. The van der Waals surface area contributed by atoms with Crippen LogP contribution in [-0.2, 0) is 10.9 Å². The molecule has 0 saturated heterocycles. The molecule has 0 amide bonds. The van der Waals surface area contributed by atoms with Gasteiger partial charge in [-0.2, -0.15) is 13.2 Å². The Morgan fingerprint density at radius 1 is 1.53 bits per heavy atom. The highest BCUT2D eigenvalue weighted by Crippen LogP contribution is 2.29. The zero-order valence-electron chi connectivity index (χ0n) is 7.43. The zero-order valence-corrected chi connectivity index (χ0v) is 9.59. The first kappa shape index (κ1) is 12.2. The van der Waals surface area contributed by atoms with Crippen molar-refractivity contribution in [1.82, 2.24) is 4.98 Å². The number of rotatable bonds is 1. The van der Waals surface area contributed by atoms with Crippen LogP contribution in [0.4, 0.5) is 13.2 Å². The molecule has 0 aliphatic carbocycles. The third-order valence-corrected chi connectivity index (χ3v) is 2.41. The summed E-state index contributed by atoms with van der Waals surface area (Å²) in [6, 6.07) is 0.674. The molecule has 1 heterocycles. The zero-order chi connectivity index (χ0) is 11.6. The van der Waals surface area contributed by atoms with Crippen LogP contribution in [0.2, 0.25) is 0 Å². The van der Waals surface area contributed by atoms with Crippen molar-refractivity contribution in [1.29, 1.82) is 0 Å². The van der Waals surface area contributed by atoms with Crippen molar-refractivity contribution >= 4 is 28.6 Å². The predicted molar refractivity (Wildman–Crippen MR) is 53.3 cm³/mol. The summed E-state index contributed by atoms with van der Waals surface area (Å²) >= 11 is 1.71. The van der Waals surface area contributed by atoms with E-state index in [1.807, 2.05) is 0 Å². The van der Waals surface area contributed by atoms with Gasteiger partial charge in [0, 0.05) is 9.77 Å². The summed E-state index contributed by atoms with van der Waals surface area (Å²) in [6.45, 7) is 0. The summed E-state index contributed by atoms with van der Waals surface area (Å²) < 4.78 is 41.4. The number of alkyl halides is 3. The lowest BCUT2D eigenvalue weighted by Gasteiger charge is -2.08. The lowest BCUT2D eigenvalue weighted by Crippen LogP contribution is -2.12. The van der Waals surface area contributed by atoms with E-state index in [0.717, 1.165) is 13.3 Å². The Morgan fingerprint density at radius 2 is 2.13 bits per heavy atom. The molecule has 3 nitrogen and oxygen atoms in total. The molecule has 1 rings (SSSR count). The monoisotopic (exact) mass is 331 g/mol. The van der Waals surface area contributed by atoms with Crippen LogP contribution >= 0.6 is 22.6 Å². The highest BCUT2D eigenvalue weighted by molar-refractivity contribution is 14.1. The largest absolute Gasteiger partial charge is 0.465 e. The third kappa shape index (κ3) is 2.80. The molecule has 1 aromatic rings. The number of hydrogen-bond donors (Lipinski definition) is 0. The number of ether oxygens (including phenoxy) is 1. The van der Waals surface area contributed by atoms with Crippen molar-refractivity contribution in [2.45, 2.75) is 6.18 Å². The maximum Gasteiger partial charge on any atom is 0.433 e. The average molecular weight is 331 g/mol. The number of pyridine rings is 1. The fourth-order valence-electron chi connectivity index (χ4n) is 0.860. The van der Waals surface area contributed by atoms with Gasteiger partial charge in [0.25, 0.3) is 0 Å². The number of nitrogens with zero attached hydrogens (tertiary/aromatic N) is 1. The molecule has 7 heteroatoms. The van der Waals surface area contributed by atoms with Gasteiger partial charge in [-0.15, -0.1) is 0 Å². The Bertz CT molecular complexity index is 392. The van der Waals surface area contributed by atoms with Crippen LogP contribution in [0.3, 0.4) is 0 Å². The molecule has 15 heavy (non-hydrogen) atoms. The number of methoxy groups -OCH3 is 1. The van der Waals surface area contributed by atoms with Crippen molar-refractivity contribution in [3.05, 3.63) is 27.1 Å². The van der Waals surface area contributed by atoms with Crippen molar-refractivity contribution in [2.24, 2.45) is 0 Å². The quantitative estimate of drug-likeness (QED) is 0.586. The molecule has 0 saturated carbocycles. The van der Waals surface area contributed by atoms with Gasteiger partial charge in [-0.05, 0) is 28.7 Å². The minimum Gasteiger partial charge on any atom is -0.465 e. The smallest absolute Gasteiger partial charge is 0.433 e. The van der Waals surface area contributed by atoms with Gasteiger partial charge in [-0.3, -0.25) is 4.98 Å². The van der Waals surface area contributed by atoms with Gasteiger partial charge in [-0.1, -0.05) is 0 Å². The number of carbonyl (C=O) groups is 1. The Morgan fingerprint density at radius 3 is 2.60 bits per heavy atom. The van der Waals surface area contributed by atoms with Crippen molar-refractivity contribution in [2.75, 3.05) is 7.11 Å². The first-order valence-corrected chi connectivity index (χ1v) is 4.75. The maximum atomic E-state index is 12.2. The molecule has 0 aliphatic rings. The Balaban J connectivity index is 3.23. The number of aromatic nitrogens is 1. The third-order valence-electron chi connectivity index (χ3n) is 1.55. The minimum atomic E-state index is -4.56. The van der Waals surface area contributed by atoms with E-state index >= 15 is 0 Å². The van der Waals surface area contributed by atoms with Gasteiger partial charge < -0.3 is 4.74 Å². The lowest BCUT2D eigenvalue weighted by atomic mass is 10.2. The maximum absolute atomic E-state index is 12.2. The standard InChI is InChI=1S/C8H5F3INO2/c1-15-7(14)4-2-6(8(9,10)11)13-3-5(4)12/h2-3H,1H3. The molecule has 1 aromatic heterocycles. The second-order valence-electron chi connectivity index (χ2n) is 2.54. The summed E-state index contributed by atoms with van der Waals surface area (Å²) in [5, 5.41) is 0. The molecule has 0 aromatic carbocycles. The van der Waals surface area contributed by atoms with Gasteiger partial charge >= 0.3 is 12.1 Å². The molecule has 0 N–H and O–H groups in total. The first-order valence-electron chi connectivity index (χ1n) is 3.67. The molecule has 0 fully saturated rings. The fraction of sp³-hybridized carbons (Fsp3) is 0.250. The van der Waals surface area contributed by atoms with Crippen molar-refractivity contribution < 1.29 is 22.7 Å². The van der Waals surface area contributed by atoms with Gasteiger partial charge in [0.05, 0.1) is 12.7 Å². The van der Waals surface area contributed by atoms with Gasteiger partial charge in [0.15, 0.2) is 0 Å². The van der Waals surface area contributed by atoms with E-state index in [2.05, 4.69) is 9.72 Å². The van der Waals surface area contributed by atoms with E-state index in [1.165, 1.54) is 0 Å². The van der Waals surface area contributed by atoms with Crippen LogP contribution in [0.25, 0.3) is 0 Å². The van der Waals surface area contributed by atoms with Crippen molar-refractivity contribution in [3.8, 4) is 0 Å². The Kier molecular flexibility index (Phi) is 3.53. The highest BCUT2D eigenvalue weighted by atomic mass is 127. The molecule has 0 bridgehead atoms. The molecule has 82 valence electrons. The van der Waals surface area contributed by atoms with E-state index in [1.54, 1.807) is 22.6 Å². The van der Waals surface area contributed by atoms with Crippen molar-refractivity contribution in [3.63, 3.8) is 0 Å². The normalized spacial score (nSPS) is 11.3. The summed E-state index contributed by atoms with van der Waals surface area (Å²) in [5.74, 6) is -0.813. The van der Waals surface area contributed by atoms with Crippen LogP contribution < -0.4 is 0 Å². The number of hydrogen-bond acceptors (Lipinski definition) is 3. The fourth-order valence-corrected chi connectivity index (χ4v) is 1.38. The first-order chi connectivity index (χ1) is 6.86. The highest BCUT2D eigenvalue weighted by Gasteiger charge is 2.33. The molecular formula is C8H5F3INO2. The second-order valence-corrected chi connectivity index (χ2v) is 3.70. The van der Waals surface area contributed by atoms with E-state index in [-0.39, 0.29) is 5.56 Å². The molecular weight excluding hydrogens is 326 g/mol. The summed E-state index contributed by atoms with van der Waals surface area (Å²) in [6.07, 6.45) is -3.58. The van der Waals surface area contributed by atoms with E-state index < -0.39 is 17.8 Å². The number of esters is 1. The molecule has 0 radical (unpaired) electrons. The van der Waals surface area contributed by atoms with Crippen LogP contribution in [0, 0.1) is 3.57 Å². The van der Waals surface area contributed by atoms with Crippen LogP contribution in [0.5, 0.6) is 0 Å². The number of carbonyl (C=O) groups excluding carboxylic acids is 1. The van der Waals surface area contributed by atoms with E-state index in [4.69, 9.17) is 0 Å². The van der Waals surface area contributed by atoms with Crippen LogP contribution in [0.15, 0.2) is 12.3 Å². The van der Waals surface area contributed by atoms with E-state index in [9.17, 15) is 18.0 Å². The summed E-state index contributed by atoms with van der Waals surface area (Å²) in [5.41, 5.74) is -1.25. The SMILES string of the molecule is COC(=O)c1cc(C(F)(F)F)ncc1I. The van der Waals surface area contributed by atoms with Crippen LogP contribution in [-0.4, -0.2) is 18.1 Å². The topological polar surface area (TPSA) is 39.2 Å². The minimum absolute atomic E-state index is 0.138. The average Bonchev–Trinajstić information content (AvgIpc) is 2.15. The molecule has 0 atom stereocenters. The van der Waals surface area contributed by atoms with Gasteiger partial charge in [0.2, 0.25) is 0 Å². The Labute approximate surface area is 96.8 Å². The second kappa shape index (κ2) is 4.33. The number of halogens is 4. The van der Waals surface area contributed by atoms with E-state index in [0.29, 0.717) is 9.64 Å². The van der Waals surface area contributed by atoms with Gasteiger partial charge in [-0.25, -0.2) is 4.79 Å². The molecule has 0 unspecified atom stereocenters. The summed E-state index contributed by atoms with van der Waals surface area (Å²) in [4.78, 5) is 14.3. The molecule has 0 spiro atoms. The predicted octanol–water partition coefficient (Wildman–Crippen LogP) is 2.49. The van der Waals surface area contributed by atoms with Crippen LogP contribution in [0.1, 0.15) is 16.1 Å². The Hall–Kier alpha value is -0.860.